The van der Waals surface area contributed by atoms with Crippen molar-refractivity contribution in [2.24, 2.45) is 0 Å². The van der Waals surface area contributed by atoms with Gasteiger partial charge in [-0.05, 0) is 38.0 Å². The predicted octanol–water partition coefficient (Wildman–Crippen LogP) is 5.63. The fourth-order valence-corrected chi connectivity index (χ4v) is 3.85. The van der Waals surface area contributed by atoms with E-state index in [1.165, 1.54) is 17.2 Å². The minimum Gasteiger partial charge on any atom is -0.322 e. The Bertz CT molecular complexity index is 886. The lowest BCUT2D eigenvalue weighted by Crippen LogP contribution is -2.51. The smallest absolute Gasteiger partial charge is 0.322 e. The number of hydrogen-bond acceptors (Lipinski definition) is 2. The Morgan fingerprint density at radius 3 is 2.33 bits per heavy atom. The normalized spacial score (nSPS) is 16.6. The van der Waals surface area contributed by atoms with Crippen molar-refractivity contribution in [3.8, 4) is 0 Å². The minimum atomic E-state index is -0.420. The van der Waals surface area contributed by atoms with Crippen molar-refractivity contribution in [1.29, 1.82) is 0 Å². The molecule has 0 bridgehead atoms. The summed E-state index contributed by atoms with van der Waals surface area (Å²) in [5, 5.41) is 2.69. The van der Waals surface area contributed by atoms with E-state index < -0.39 is 5.82 Å². The Balaban J connectivity index is 1.66. The molecule has 1 N–H and O–H groups in total. The quantitative estimate of drug-likeness (QED) is 0.630. The largest absolute Gasteiger partial charge is 0.322 e. The van der Waals surface area contributed by atoms with Gasteiger partial charge in [0, 0.05) is 32.2 Å². The first kappa shape index (κ1) is 21.8. The van der Waals surface area contributed by atoms with Gasteiger partial charge in [-0.25, -0.2) is 9.18 Å². The maximum absolute atomic E-state index is 13.8. The Morgan fingerprint density at radius 2 is 1.70 bits per heavy atom. The molecule has 2 amide bonds. The van der Waals surface area contributed by atoms with Gasteiger partial charge >= 0.3 is 6.03 Å². The van der Waals surface area contributed by atoms with Gasteiger partial charge in [0.25, 0.3) is 0 Å². The first-order valence-electron chi connectivity index (χ1n) is 10.5. The highest BCUT2D eigenvalue weighted by Crippen LogP contribution is 2.29. The lowest BCUT2D eigenvalue weighted by atomic mass is 9.96. The highest BCUT2D eigenvalue weighted by Gasteiger charge is 2.27. The van der Waals surface area contributed by atoms with Gasteiger partial charge in [0.2, 0.25) is 0 Å². The van der Waals surface area contributed by atoms with Gasteiger partial charge in [-0.1, -0.05) is 66.3 Å². The Labute approximate surface area is 178 Å². The first-order chi connectivity index (χ1) is 14.6. The van der Waals surface area contributed by atoms with Crippen LogP contribution in [0.5, 0.6) is 0 Å². The Morgan fingerprint density at radius 1 is 1.03 bits per heavy atom. The summed E-state index contributed by atoms with van der Waals surface area (Å²) in [6.45, 7) is 6.88. The molecule has 0 aromatic heterocycles. The van der Waals surface area contributed by atoms with E-state index in [1.54, 1.807) is 23.1 Å². The summed E-state index contributed by atoms with van der Waals surface area (Å²) in [4.78, 5) is 16.8. The fourth-order valence-electron chi connectivity index (χ4n) is 3.85. The lowest BCUT2D eigenvalue weighted by molar-refractivity contribution is 0.112. The highest BCUT2D eigenvalue weighted by atomic mass is 19.1. The second-order valence-corrected chi connectivity index (χ2v) is 7.43. The van der Waals surface area contributed by atoms with Gasteiger partial charge in [-0.15, -0.1) is 0 Å². The summed E-state index contributed by atoms with van der Waals surface area (Å²) in [7, 11) is 0. The lowest BCUT2D eigenvalue weighted by Gasteiger charge is -2.39. The monoisotopic (exact) mass is 407 g/mol. The molecule has 4 nitrogen and oxygen atoms in total. The molecule has 0 radical (unpaired) electrons. The van der Waals surface area contributed by atoms with Crippen LogP contribution in [0.15, 0.2) is 78.4 Å². The second kappa shape index (κ2) is 10.7. The third-order valence-electron chi connectivity index (χ3n) is 5.52. The Hall–Kier alpha value is -2.92. The van der Waals surface area contributed by atoms with E-state index in [0.29, 0.717) is 13.1 Å². The van der Waals surface area contributed by atoms with Crippen LogP contribution < -0.4 is 5.32 Å². The molecular weight excluding hydrogens is 377 g/mol. The van der Waals surface area contributed by atoms with Crippen LogP contribution >= 0.6 is 0 Å². The highest BCUT2D eigenvalue weighted by molar-refractivity contribution is 5.89. The number of benzene rings is 2. The zero-order valence-corrected chi connectivity index (χ0v) is 17.7. The van der Waals surface area contributed by atoms with Crippen LogP contribution in [0.2, 0.25) is 0 Å². The number of amides is 2. The maximum atomic E-state index is 13.8. The number of nitrogens with zero attached hydrogens (tertiary/aromatic N) is 2. The average Bonchev–Trinajstić information content (AvgIpc) is 2.79. The van der Waals surface area contributed by atoms with E-state index in [-0.39, 0.29) is 17.8 Å². The van der Waals surface area contributed by atoms with E-state index in [1.807, 2.05) is 13.0 Å². The van der Waals surface area contributed by atoms with Crippen molar-refractivity contribution in [2.45, 2.75) is 26.3 Å². The molecule has 5 heteroatoms. The summed E-state index contributed by atoms with van der Waals surface area (Å²) in [6, 6.07) is 16.8. The number of allylic oxidation sites excluding steroid dienone is 3. The third-order valence-corrected chi connectivity index (χ3v) is 5.52. The van der Waals surface area contributed by atoms with E-state index in [2.05, 4.69) is 59.6 Å². The average molecular weight is 408 g/mol. The summed E-state index contributed by atoms with van der Waals surface area (Å²) in [6.07, 6.45) is 7.32. The van der Waals surface area contributed by atoms with Crippen LogP contribution in [-0.2, 0) is 0 Å². The van der Waals surface area contributed by atoms with E-state index in [4.69, 9.17) is 0 Å². The number of halogens is 1. The summed E-state index contributed by atoms with van der Waals surface area (Å²) < 4.78 is 13.8. The molecule has 30 heavy (non-hydrogen) atoms. The van der Waals surface area contributed by atoms with Crippen molar-refractivity contribution < 1.29 is 9.18 Å². The summed E-state index contributed by atoms with van der Waals surface area (Å²) in [5.41, 5.74) is 2.80. The molecule has 0 unspecified atom stereocenters. The van der Waals surface area contributed by atoms with Crippen molar-refractivity contribution in [2.75, 3.05) is 31.5 Å². The summed E-state index contributed by atoms with van der Waals surface area (Å²) >= 11 is 0. The van der Waals surface area contributed by atoms with Crippen LogP contribution in [0.3, 0.4) is 0 Å². The maximum Gasteiger partial charge on any atom is 0.322 e. The van der Waals surface area contributed by atoms with Crippen LogP contribution in [0.1, 0.15) is 31.9 Å². The van der Waals surface area contributed by atoms with E-state index in [0.717, 1.165) is 19.5 Å². The predicted molar refractivity (Wildman–Crippen MR) is 121 cm³/mol. The molecule has 1 fully saturated rings. The third kappa shape index (κ3) is 5.57. The standard InChI is InChI=1S/C25H30FN3O/c1-3-10-20(4-2)19-24(21-11-6-5-7-12-21)28-15-17-29(18-16-28)25(30)27-23-14-9-8-13-22(23)26/h3-14,24H,15-19H2,1-2H3,(H,27,30)/b10-3-,20-4+/t24-/m0/s1. The molecule has 1 heterocycles. The van der Waals surface area contributed by atoms with Gasteiger partial charge in [-0.2, -0.15) is 0 Å². The SMILES string of the molecule is C/C=C\C(=C/C)C[C@@H](c1ccccc1)N1CCN(C(=O)Nc2ccccc2F)CC1. The number of urea groups is 1. The topological polar surface area (TPSA) is 35.6 Å². The number of carbonyl (C=O) groups is 1. The van der Waals surface area contributed by atoms with Crippen molar-refractivity contribution in [3.63, 3.8) is 0 Å². The van der Waals surface area contributed by atoms with Gasteiger partial charge < -0.3 is 10.2 Å². The Kier molecular flexibility index (Phi) is 7.80. The minimum absolute atomic E-state index is 0.219. The number of piperazine rings is 1. The summed E-state index contributed by atoms with van der Waals surface area (Å²) in [5.74, 6) is -0.420. The zero-order valence-electron chi connectivity index (χ0n) is 17.7. The molecule has 2 aromatic carbocycles. The number of hydrogen-bond donors (Lipinski definition) is 1. The molecular formula is C25H30FN3O. The molecule has 1 aliphatic rings. The van der Waals surface area contributed by atoms with Crippen LogP contribution in [0, 0.1) is 5.82 Å². The first-order valence-corrected chi connectivity index (χ1v) is 10.5. The van der Waals surface area contributed by atoms with Crippen molar-refractivity contribution in [1.82, 2.24) is 9.80 Å². The molecule has 0 saturated carbocycles. The number of para-hydroxylation sites is 1. The van der Waals surface area contributed by atoms with E-state index in [9.17, 15) is 9.18 Å². The van der Waals surface area contributed by atoms with Gasteiger partial charge in [0.15, 0.2) is 0 Å². The van der Waals surface area contributed by atoms with Crippen LogP contribution in [0.4, 0.5) is 14.9 Å². The fraction of sp³-hybridized carbons (Fsp3) is 0.320. The molecule has 3 rings (SSSR count). The van der Waals surface area contributed by atoms with Crippen LogP contribution in [0.25, 0.3) is 0 Å². The van der Waals surface area contributed by atoms with E-state index >= 15 is 0 Å². The number of rotatable bonds is 6. The number of anilines is 1. The van der Waals surface area contributed by atoms with Crippen molar-refractivity contribution >= 4 is 11.7 Å². The number of nitrogens with one attached hydrogen (secondary N) is 1. The molecule has 1 saturated heterocycles. The zero-order chi connectivity index (χ0) is 21.3. The molecule has 0 aliphatic carbocycles. The molecule has 1 atom stereocenters. The second-order valence-electron chi connectivity index (χ2n) is 7.43. The van der Waals surface area contributed by atoms with Crippen molar-refractivity contribution in [3.05, 3.63) is 89.8 Å². The van der Waals surface area contributed by atoms with Gasteiger partial charge in [-0.3, -0.25) is 4.90 Å². The van der Waals surface area contributed by atoms with Gasteiger partial charge in [0.05, 0.1) is 5.69 Å². The molecule has 2 aromatic rings. The van der Waals surface area contributed by atoms with Gasteiger partial charge in [0.1, 0.15) is 5.82 Å². The molecule has 158 valence electrons. The number of carbonyl (C=O) groups excluding carboxylic acids is 1. The molecule has 0 spiro atoms. The van der Waals surface area contributed by atoms with Crippen LogP contribution in [-0.4, -0.2) is 42.0 Å². The molecule has 1 aliphatic heterocycles.